The second-order valence-corrected chi connectivity index (χ2v) is 10.5. The predicted octanol–water partition coefficient (Wildman–Crippen LogP) is 4.79. The van der Waals surface area contributed by atoms with E-state index in [0.29, 0.717) is 38.8 Å². The molecule has 2 aliphatic heterocycles. The van der Waals surface area contributed by atoms with Gasteiger partial charge in [-0.05, 0) is 55.0 Å². The van der Waals surface area contributed by atoms with Gasteiger partial charge in [-0.1, -0.05) is 24.8 Å². The minimum absolute atomic E-state index is 0. The molecule has 4 amide bonds. The van der Waals surface area contributed by atoms with Crippen molar-refractivity contribution in [3.8, 4) is 11.5 Å². The number of benzene rings is 2. The number of nitrogens with one attached hydrogen (secondary N) is 2. The summed E-state index contributed by atoms with van der Waals surface area (Å²) in [6.07, 6.45) is 1.86. The monoisotopic (exact) mass is 623 g/mol. The van der Waals surface area contributed by atoms with E-state index in [1.54, 1.807) is 23.2 Å². The highest BCUT2D eigenvalue weighted by molar-refractivity contribution is 7.59. The van der Waals surface area contributed by atoms with Gasteiger partial charge in [0.15, 0.2) is 0 Å². The minimum atomic E-state index is -0.922. The van der Waals surface area contributed by atoms with Crippen molar-refractivity contribution in [2.45, 2.75) is 19.1 Å². The second kappa shape index (κ2) is 12.4. The molecule has 42 heavy (non-hydrogen) atoms. The molecule has 4 aromatic rings. The zero-order chi connectivity index (χ0) is 28.0. The molecule has 0 bridgehead atoms. The van der Waals surface area contributed by atoms with E-state index >= 15 is 0 Å². The first-order chi connectivity index (χ1) is 19.3. The number of carbonyl (C=O) groups excluding carboxylic acids is 3. The number of aryl methyl sites for hydroxylation is 1. The van der Waals surface area contributed by atoms with Gasteiger partial charge in [-0.25, -0.2) is 9.78 Å². The van der Waals surface area contributed by atoms with E-state index < -0.39 is 24.1 Å². The molecule has 0 spiro atoms. The highest BCUT2D eigenvalue weighted by Gasteiger charge is 2.37. The fourth-order valence-corrected chi connectivity index (χ4v) is 6.04. The van der Waals surface area contributed by atoms with E-state index in [2.05, 4.69) is 22.2 Å². The number of ether oxygens (including phenoxy) is 1. The van der Waals surface area contributed by atoms with Crippen molar-refractivity contribution in [2.24, 2.45) is 0 Å². The smallest absolute Gasteiger partial charge is 0.331 e. The van der Waals surface area contributed by atoms with Crippen LogP contribution in [0.1, 0.15) is 15.2 Å². The van der Waals surface area contributed by atoms with Gasteiger partial charge in [0.05, 0.1) is 34.6 Å². The molecule has 1 fully saturated rings. The van der Waals surface area contributed by atoms with Crippen molar-refractivity contribution in [1.82, 2.24) is 15.2 Å². The summed E-state index contributed by atoms with van der Waals surface area (Å²) in [5, 5.41) is 16.8. The minimum Gasteiger partial charge on any atom is -0.457 e. The first kappa shape index (κ1) is 30.9. The van der Waals surface area contributed by atoms with Crippen LogP contribution in [0.4, 0.5) is 21.9 Å². The lowest BCUT2D eigenvalue weighted by molar-refractivity contribution is -0.125. The molecule has 218 valence electrons. The van der Waals surface area contributed by atoms with Gasteiger partial charge in [0.1, 0.15) is 21.2 Å². The Balaban J connectivity index is 0.00000202. The summed E-state index contributed by atoms with van der Waals surface area (Å²) in [6.45, 7) is 5.62. The van der Waals surface area contributed by atoms with Gasteiger partial charge in [0.25, 0.3) is 5.91 Å². The van der Waals surface area contributed by atoms with Crippen LogP contribution in [-0.4, -0.2) is 58.1 Å². The number of hydrogen-bond donors (Lipinski definition) is 3. The molecule has 0 radical (unpaired) electrons. The van der Waals surface area contributed by atoms with Crippen molar-refractivity contribution in [1.29, 1.82) is 0 Å². The average molecular weight is 624 g/mol. The molecule has 0 unspecified atom stereocenters. The number of aromatic nitrogens is 1. The number of aliphatic hydroxyl groups is 1. The zero-order valence-electron chi connectivity index (χ0n) is 22.5. The highest BCUT2D eigenvalue weighted by Crippen LogP contribution is 2.46. The molecular formula is C29H29N5O5S3. The molecule has 2 aromatic carbocycles. The van der Waals surface area contributed by atoms with E-state index in [4.69, 9.17) is 4.74 Å². The first-order valence-corrected chi connectivity index (χ1v) is 13.4. The van der Waals surface area contributed by atoms with Crippen LogP contribution in [0.5, 0.6) is 11.5 Å². The lowest BCUT2D eigenvalue weighted by atomic mass is 10.1. The Hall–Kier alpha value is -4.04. The number of hydrogen-bond acceptors (Lipinski definition) is 7. The van der Waals surface area contributed by atoms with Crippen LogP contribution in [0.2, 0.25) is 0 Å². The van der Waals surface area contributed by atoms with E-state index in [-0.39, 0.29) is 50.9 Å². The number of carbonyl (C=O) groups is 3. The maximum absolute atomic E-state index is 13.5. The molecule has 2 aromatic heterocycles. The molecule has 6 rings (SSSR count). The fourth-order valence-electron chi connectivity index (χ4n) is 5.02. The summed E-state index contributed by atoms with van der Waals surface area (Å²) in [6, 6.07) is 15.6. The summed E-state index contributed by atoms with van der Waals surface area (Å²) >= 11 is 1.15. The molecular weight excluding hydrogens is 595 g/mol. The van der Waals surface area contributed by atoms with Gasteiger partial charge in [-0.15, -0.1) is 11.3 Å². The lowest BCUT2D eigenvalue weighted by Gasteiger charge is -2.29. The Morgan fingerprint density at radius 2 is 1.88 bits per heavy atom. The Morgan fingerprint density at radius 3 is 2.60 bits per heavy atom. The summed E-state index contributed by atoms with van der Waals surface area (Å²) < 4.78 is 5.94. The molecule has 3 N–H and O–H groups in total. The number of urea groups is 1. The number of nitrogens with zero attached hydrogens (tertiary/aromatic N) is 3. The maximum Gasteiger partial charge on any atom is 0.331 e. The van der Waals surface area contributed by atoms with Crippen LogP contribution in [0, 0.1) is 6.92 Å². The van der Waals surface area contributed by atoms with Crippen molar-refractivity contribution < 1.29 is 24.2 Å². The van der Waals surface area contributed by atoms with E-state index in [0.717, 1.165) is 16.9 Å². The largest absolute Gasteiger partial charge is 0.457 e. The van der Waals surface area contributed by atoms with Crippen molar-refractivity contribution in [3.05, 3.63) is 83.9 Å². The van der Waals surface area contributed by atoms with Gasteiger partial charge >= 0.3 is 6.03 Å². The molecule has 13 heteroatoms. The Labute approximate surface area is 259 Å². The van der Waals surface area contributed by atoms with E-state index in [9.17, 15) is 19.5 Å². The van der Waals surface area contributed by atoms with Crippen LogP contribution >= 0.6 is 38.3 Å². The Morgan fingerprint density at radius 1 is 1.12 bits per heavy atom. The van der Waals surface area contributed by atoms with E-state index in [1.807, 2.05) is 49.4 Å². The van der Waals surface area contributed by atoms with Gasteiger partial charge in [0.2, 0.25) is 5.91 Å². The van der Waals surface area contributed by atoms with Crippen molar-refractivity contribution >= 4 is 83.5 Å². The Bertz CT molecular complexity index is 1680. The third-order valence-electron chi connectivity index (χ3n) is 6.93. The predicted molar refractivity (Wildman–Crippen MR) is 173 cm³/mol. The number of likely N-dealkylation sites (tertiary alicyclic amines) is 1. The Kier molecular flexibility index (Phi) is 9.16. The summed E-state index contributed by atoms with van der Waals surface area (Å²) in [5.41, 5.74) is 2.45. The van der Waals surface area contributed by atoms with Gasteiger partial charge < -0.3 is 25.4 Å². The highest BCUT2D eigenvalue weighted by atomic mass is 32.1. The van der Waals surface area contributed by atoms with Crippen LogP contribution < -0.4 is 20.3 Å². The molecule has 2 aliphatic rings. The zero-order valence-corrected chi connectivity index (χ0v) is 25.3. The maximum atomic E-state index is 13.5. The van der Waals surface area contributed by atoms with E-state index in [1.165, 1.54) is 11.0 Å². The summed E-state index contributed by atoms with van der Waals surface area (Å²) in [7, 11) is 0. The van der Waals surface area contributed by atoms with Crippen molar-refractivity contribution in [2.75, 3.05) is 23.3 Å². The van der Waals surface area contributed by atoms with Gasteiger partial charge in [-0.3, -0.25) is 14.5 Å². The van der Waals surface area contributed by atoms with Crippen LogP contribution in [-0.2, 0) is 4.79 Å². The fraction of sp³-hybridized carbons (Fsp3) is 0.172. The topological polar surface area (TPSA) is 124 Å². The number of para-hydroxylation sites is 1. The van der Waals surface area contributed by atoms with Crippen LogP contribution in [0.25, 0.3) is 10.2 Å². The SMILES string of the molecule is C=CC(=O)N1C[C@H](NC(=O)c2sc3nccc4c3c2NC(=O)N4c2ccc(Oc3ccccc3)cc2C)[C@@H](O)C1.S.S. The summed E-state index contributed by atoms with van der Waals surface area (Å²) in [4.78, 5) is 47.1. The normalized spacial score (nSPS) is 17.1. The van der Waals surface area contributed by atoms with Crippen molar-refractivity contribution in [3.63, 3.8) is 0 Å². The van der Waals surface area contributed by atoms with Crippen LogP contribution in [0.3, 0.4) is 0 Å². The number of rotatable bonds is 6. The molecule has 10 nitrogen and oxygen atoms in total. The third kappa shape index (κ3) is 5.55. The lowest BCUT2D eigenvalue weighted by Crippen LogP contribution is -2.43. The molecule has 1 saturated heterocycles. The average Bonchev–Trinajstić information content (AvgIpc) is 3.50. The summed E-state index contributed by atoms with van der Waals surface area (Å²) in [5.74, 6) is 0.569. The number of pyridine rings is 1. The molecule has 0 aliphatic carbocycles. The quantitative estimate of drug-likeness (QED) is 0.265. The molecule has 2 atom stereocenters. The third-order valence-corrected chi connectivity index (χ3v) is 8.03. The van der Waals surface area contributed by atoms with Gasteiger partial charge in [-0.2, -0.15) is 27.0 Å². The van der Waals surface area contributed by atoms with Crippen LogP contribution in [0.15, 0.2) is 73.4 Å². The molecule has 4 heterocycles. The first-order valence-electron chi connectivity index (χ1n) is 12.6. The standard InChI is InChI=1S/C29H25N5O5S.2H2S/c1-3-23(36)33-14-19(22(35)15-33)31-27(37)26-25-24-21(11-12-30-28(24)40-26)34(29(38)32-25)20-10-9-18(13-16(20)2)39-17-7-5-4-6-8-17;;/h3-13,19,22,35H,1,14-15H2,2H3,(H,31,37)(H,32,38);2*1H2/t19-,22-;;/m0../s1. The number of aliphatic hydroxyl groups excluding tert-OH is 1. The second-order valence-electron chi connectivity index (χ2n) is 9.54. The molecule has 0 saturated carbocycles. The number of thiophene rings is 1. The number of anilines is 3. The number of amides is 4. The number of β-amino-alcohol motifs (C(OH)–C–C–N with tert-alkyl or cyclic N) is 1. The van der Waals surface area contributed by atoms with Gasteiger partial charge in [0, 0.05) is 19.3 Å².